The highest BCUT2D eigenvalue weighted by atomic mass is 32.2. The smallest absolute Gasteiger partial charge is 0.258 e. The summed E-state index contributed by atoms with van der Waals surface area (Å²) in [5.41, 5.74) is 2.66. The number of amides is 1. The van der Waals surface area contributed by atoms with Gasteiger partial charge >= 0.3 is 0 Å². The number of sulfonamides is 1. The number of aliphatic hydroxyl groups excluding tert-OH is 1. The van der Waals surface area contributed by atoms with Gasteiger partial charge in [0.05, 0.1) is 36.3 Å². The second-order valence-electron chi connectivity index (χ2n) is 11.1. The van der Waals surface area contributed by atoms with E-state index in [1.165, 1.54) is 19.8 Å². The lowest BCUT2D eigenvalue weighted by Gasteiger charge is -2.35. The van der Waals surface area contributed by atoms with Crippen molar-refractivity contribution in [3.05, 3.63) is 35.5 Å². The summed E-state index contributed by atoms with van der Waals surface area (Å²) in [4.78, 5) is 27.0. The molecule has 3 heterocycles. The van der Waals surface area contributed by atoms with Gasteiger partial charge in [-0.3, -0.25) is 9.52 Å². The number of carbonyl (C=O) groups is 1. The van der Waals surface area contributed by atoms with Crippen molar-refractivity contribution in [2.45, 2.75) is 57.8 Å². The number of carbonyl (C=O) groups excluding carboxylic acids is 1. The van der Waals surface area contributed by atoms with Gasteiger partial charge in [0, 0.05) is 37.9 Å². The molecule has 1 aliphatic carbocycles. The number of aryl methyl sites for hydroxylation is 1. The van der Waals surface area contributed by atoms with Crippen LogP contribution in [0.25, 0.3) is 0 Å². The fraction of sp³-hybridized carbons (Fsp3) is 0.593. The Hall–Kier alpha value is -2.96. The van der Waals surface area contributed by atoms with Gasteiger partial charge < -0.3 is 25.0 Å². The highest BCUT2D eigenvalue weighted by Gasteiger charge is 2.44. The number of hydrogen-bond acceptors (Lipinski definition) is 9. The van der Waals surface area contributed by atoms with Crippen molar-refractivity contribution in [3.63, 3.8) is 0 Å². The Morgan fingerprint density at radius 3 is 2.56 bits per heavy atom. The van der Waals surface area contributed by atoms with Crippen LogP contribution in [0.1, 0.15) is 55.6 Å². The van der Waals surface area contributed by atoms with Gasteiger partial charge in [0.15, 0.2) is 0 Å². The number of benzene rings is 1. The number of piperidine rings is 1. The number of hydrogen-bond donors (Lipinski definition) is 3. The second-order valence-corrected chi connectivity index (χ2v) is 13.2. The predicted octanol–water partition coefficient (Wildman–Crippen LogP) is 2.77. The molecular formula is C27H38N6O5S. The fourth-order valence-electron chi connectivity index (χ4n) is 5.25. The molecule has 3 N–H and O–H groups in total. The molecule has 1 aromatic heterocycles. The van der Waals surface area contributed by atoms with Gasteiger partial charge in [0.1, 0.15) is 11.1 Å². The van der Waals surface area contributed by atoms with E-state index in [1.807, 2.05) is 13.8 Å². The van der Waals surface area contributed by atoms with Crippen LogP contribution < -0.4 is 19.8 Å². The van der Waals surface area contributed by atoms with Crippen LogP contribution in [0.5, 0.6) is 0 Å². The molecule has 39 heavy (non-hydrogen) atoms. The Labute approximate surface area is 230 Å². The maximum Gasteiger partial charge on any atom is 0.258 e. The molecule has 2 saturated heterocycles. The van der Waals surface area contributed by atoms with Crippen molar-refractivity contribution in [1.82, 2.24) is 9.97 Å². The number of anilines is 4. The summed E-state index contributed by atoms with van der Waals surface area (Å²) in [6.07, 6.45) is 4.68. The van der Waals surface area contributed by atoms with E-state index in [-0.39, 0.29) is 12.0 Å². The minimum atomic E-state index is -3.77. The maximum absolute atomic E-state index is 13.6. The predicted molar refractivity (Wildman–Crippen MR) is 151 cm³/mol. The molecule has 1 saturated carbocycles. The lowest BCUT2D eigenvalue weighted by molar-refractivity contribution is 0.0526. The van der Waals surface area contributed by atoms with Crippen molar-refractivity contribution >= 4 is 39.1 Å². The minimum absolute atomic E-state index is 0.0686. The molecule has 12 heteroatoms. The van der Waals surface area contributed by atoms with E-state index >= 15 is 0 Å². The van der Waals surface area contributed by atoms with Crippen molar-refractivity contribution in [2.75, 3.05) is 59.2 Å². The molecule has 2 atom stereocenters. The molecule has 0 bridgehead atoms. The third kappa shape index (κ3) is 6.28. The molecule has 1 spiro atoms. The van der Waals surface area contributed by atoms with Gasteiger partial charge in [0.2, 0.25) is 16.0 Å². The van der Waals surface area contributed by atoms with Gasteiger partial charge in [-0.2, -0.15) is 4.98 Å². The molecular weight excluding hydrogens is 520 g/mol. The SMILES string of the molecule is Cc1cc(NC(=O)c2ccc(NS(=O)(=O)C(C)CO)cc2N2CCC3(CC2)CC3)nc(N2CCO[C@H](C)C2)n1. The molecule has 2 aromatic rings. The summed E-state index contributed by atoms with van der Waals surface area (Å²) in [6.45, 7) is 8.37. The van der Waals surface area contributed by atoms with Crippen LogP contribution in [-0.4, -0.2) is 80.1 Å². The van der Waals surface area contributed by atoms with Crippen LogP contribution in [0.15, 0.2) is 24.3 Å². The lowest BCUT2D eigenvalue weighted by Crippen LogP contribution is -2.42. The molecule has 212 valence electrons. The summed E-state index contributed by atoms with van der Waals surface area (Å²) < 4.78 is 33.4. The Morgan fingerprint density at radius 2 is 1.90 bits per heavy atom. The molecule has 1 amide bonds. The molecule has 3 aliphatic rings. The lowest BCUT2D eigenvalue weighted by atomic mass is 9.93. The van der Waals surface area contributed by atoms with Gasteiger partial charge in [0.25, 0.3) is 5.91 Å². The van der Waals surface area contributed by atoms with Crippen LogP contribution in [-0.2, 0) is 14.8 Å². The molecule has 2 aliphatic heterocycles. The third-order valence-corrected chi connectivity index (χ3v) is 9.75. The highest BCUT2D eigenvalue weighted by molar-refractivity contribution is 7.93. The number of rotatable bonds is 8. The number of aromatic nitrogens is 2. The highest BCUT2D eigenvalue weighted by Crippen LogP contribution is 2.54. The standard InChI is InChI=1S/C27H38N6O5S/c1-18-14-24(30-26(28-18)33-12-13-38-19(2)16-33)29-25(35)22-5-4-21(31-39(36,37)20(3)17-34)15-23(22)32-10-8-27(6-7-27)9-11-32/h4-5,14-15,19-20,31,34H,6-13,16-17H2,1-3H3,(H,28,29,30,35)/t19-,20?/m1/s1. The molecule has 11 nitrogen and oxygen atoms in total. The largest absolute Gasteiger partial charge is 0.395 e. The first-order valence-electron chi connectivity index (χ1n) is 13.6. The second kappa shape index (κ2) is 10.9. The summed E-state index contributed by atoms with van der Waals surface area (Å²) in [7, 11) is -3.77. The minimum Gasteiger partial charge on any atom is -0.395 e. The summed E-state index contributed by atoms with van der Waals surface area (Å²) in [6, 6.07) is 6.68. The topological polar surface area (TPSA) is 137 Å². The first kappa shape index (κ1) is 27.6. The number of ether oxygens (including phenoxy) is 1. The number of morpholine rings is 1. The zero-order chi connectivity index (χ0) is 27.8. The first-order valence-corrected chi connectivity index (χ1v) is 15.2. The van der Waals surface area contributed by atoms with E-state index in [4.69, 9.17) is 4.74 Å². The zero-order valence-corrected chi connectivity index (χ0v) is 23.6. The molecule has 1 unspecified atom stereocenters. The van der Waals surface area contributed by atoms with Crippen molar-refractivity contribution < 1.29 is 23.1 Å². The maximum atomic E-state index is 13.6. The van der Waals surface area contributed by atoms with E-state index in [1.54, 1.807) is 24.3 Å². The molecule has 1 aromatic carbocycles. The summed E-state index contributed by atoms with van der Waals surface area (Å²) >= 11 is 0. The van der Waals surface area contributed by atoms with Gasteiger partial charge in [-0.25, -0.2) is 13.4 Å². The van der Waals surface area contributed by atoms with Gasteiger partial charge in [-0.1, -0.05) is 0 Å². The van der Waals surface area contributed by atoms with E-state index in [0.717, 1.165) is 31.6 Å². The van der Waals surface area contributed by atoms with Crippen molar-refractivity contribution in [3.8, 4) is 0 Å². The number of aliphatic hydroxyl groups is 1. The van der Waals surface area contributed by atoms with E-state index in [0.29, 0.717) is 53.8 Å². The van der Waals surface area contributed by atoms with Crippen LogP contribution in [0.4, 0.5) is 23.1 Å². The average molecular weight is 559 g/mol. The monoisotopic (exact) mass is 558 g/mol. The number of nitrogens with zero attached hydrogens (tertiary/aromatic N) is 4. The van der Waals surface area contributed by atoms with Gasteiger partial charge in [-0.15, -0.1) is 0 Å². The zero-order valence-electron chi connectivity index (χ0n) is 22.8. The quantitative estimate of drug-likeness (QED) is 0.447. The van der Waals surface area contributed by atoms with Crippen LogP contribution in [0, 0.1) is 12.3 Å². The van der Waals surface area contributed by atoms with Crippen molar-refractivity contribution in [2.24, 2.45) is 5.41 Å². The Kier molecular flexibility index (Phi) is 7.71. The first-order chi connectivity index (χ1) is 18.6. The Morgan fingerprint density at radius 1 is 1.15 bits per heavy atom. The normalized spacial score (nSPS) is 21.5. The Bertz CT molecular complexity index is 1320. The van der Waals surface area contributed by atoms with Gasteiger partial charge in [-0.05, 0) is 70.1 Å². The van der Waals surface area contributed by atoms with Crippen LogP contribution in [0.3, 0.4) is 0 Å². The molecule has 0 radical (unpaired) electrons. The van der Waals surface area contributed by atoms with Crippen LogP contribution >= 0.6 is 0 Å². The third-order valence-electron chi connectivity index (χ3n) is 8.02. The molecule has 3 fully saturated rings. The van der Waals surface area contributed by atoms with E-state index < -0.39 is 21.9 Å². The summed E-state index contributed by atoms with van der Waals surface area (Å²) in [5.74, 6) is 0.633. The van der Waals surface area contributed by atoms with E-state index in [2.05, 4.69) is 29.8 Å². The number of nitrogens with one attached hydrogen (secondary N) is 2. The summed E-state index contributed by atoms with van der Waals surface area (Å²) in [5, 5.41) is 11.3. The van der Waals surface area contributed by atoms with E-state index in [9.17, 15) is 18.3 Å². The van der Waals surface area contributed by atoms with Crippen LogP contribution in [0.2, 0.25) is 0 Å². The fourth-order valence-corrected chi connectivity index (χ4v) is 6.11. The molecule has 5 rings (SSSR count). The Balaban J connectivity index is 1.41. The average Bonchev–Trinajstić information content (AvgIpc) is 3.66. The van der Waals surface area contributed by atoms with Crippen molar-refractivity contribution in [1.29, 1.82) is 0 Å².